The molecule has 2 rings (SSSR count). The monoisotopic (exact) mass is 340 g/mol. The Morgan fingerprint density at radius 1 is 1.43 bits per heavy atom. The summed E-state index contributed by atoms with van der Waals surface area (Å²) in [6.45, 7) is 6.54. The maximum atomic E-state index is 12.2. The average Bonchev–Trinajstić information content (AvgIpc) is 2.53. The zero-order valence-electron chi connectivity index (χ0n) is 14.1. The fourth-order valence-corrected chi connectivity index (χ4v) is 2.78. The highest BCUT2D eigenvalue weighted by Crippen LogP contribution is 2.17. The quantitative estimate of drug-likeness (QED) is 0.749. The van der Waals surface area contributed by atoms with Gasteiger partial charge in [-0.25, -0.2) is 0 Å². The molecule has 0 bridgehead atoms. The van der Waals surface area contributed by atoms with Gasteiger partial charge in [-0.2, -0.15) is 0 Å². The van der Waals surface area contributed by atoms with Crippen molar-refractivity contribution in [2.45, 2.75) is 52.1 Å². The predicted molar refractivity (Wildman–Crippen MR) is 96.1 cm³/mol. The van der Waals surface area contributed by atoms with Gasteiger partial charge in [-0.05, 0) is 50.4 Å². The van der Waals surface area contributed by atoms with Crippen molar-refractivity contribution in [2.24, 2.45) is 5.92 Å². The lowest BCUT2D eigenvalue weighted by molar-refractivity contribution is -0.126. The summed E-state index contributed by atoms with van der Waals surface area (Å²) in [5.41, 5.74) is 1.09. The van der Waals surface area contributed by atoms with Crippen LogP contribution in [0.4, 0.5) is 0 Å². The molecule has 5 heteroatoms. The number of piperidine rings is 1. The normalized spacial score (nSPS) is 20.4. The Labute approximate surface area is 145 Å². The summed E-state index contributed by atoms with van der Waals surface area (Å²) in [6, 6.07) is 8.42. The third-order valence-corrected chi connectivity index (χ3v) is 4.13. The lowest BCUT2D eigenvalue weighted by atomic mass is 9.92. The summed E-state index contributed by atoms with van der Waals surface area (Å²) < 4.78 is 5.70. The number of hydrogen-bond donors (Lipinski definition) is 2. The minimum Gasteiger partial charge on any atom is -0.494 e. The fraction of sp³-hybridized carbons (Fsp3) is 0.611. The number of carbonyl (C=O) groups is 1. The predicted octanol–water partition coefficient (Wildman–Crippen LogP) is 3.29. The van der Waals surface area contributed by atoms with Crippen LogP contribution in [0.3, 0.4) is 0 Å². The number of nitrogens with one attached hydrogen (secondary N) is 2. The highest BCUT2D eigenvalue weighted by atomic mass is 35.5. The Kier molecular flexibility index (Phi) is 9.03. The Hall–Kier alpha value is -1.26. The molecule has 2 atom stereocenters. The van der Waals surface area contributed by atoms with Crippen molar-refractivity contribution in [3.8, 4) is 5.75 Å². The van der Waals surface area contributed by atoms with Crippen LogP contribution < -0.4 is 15.4 Å². The number of unbranched alkanes of at least 4 members (excludes halogenated alkanes) is 1. The summed E-state index contributed by atoms with van der Waals surface area (Å²) in [7, 11) is 0. The number of hydrogen-bond acceptors (Lipinski definition) is 3. The van der Waals surface area contributed by atoms with Crippen LogP contribution in [-0.4, -0.2) is 25.1 Å². The molecule has 1 aromatic rings. The second-order valence-corrected chi connectivity index (χ2v) is 6.14. The van der Waals surface area contributed by atoms with Crippen LogP contribution >= 0.6 is 12.4 Å². The van der Waals surface area contributed by atoms with Crippen molar-refractivity contribution < 1.29 is 9.53 Å². The zero-order valence-corrected chi connectivity index (χ0v) is 15.0. The number of carbonyl (C=O) groups excluding carboxylic acids is 1. The summed E-state index contributed by atoms with van der Waals surface area (Å²) in [5.74, 6) is 1.20. The van der Waals surface area contributed by atoms with E-state index in [0.717, 1.165) is 50.1 Å². The van der Waals surface area contributed by atoms with Crippen LogP contribution in [0.15, 0.2) is 24.3 Å². The first-order valence-corrected chi connectivity index (χ1v) is 8.42. The average molecular weight is 341 g/mol. The minimum absolute atomic E-state index is 0. The van der Waals surface area contributed by atoms with E-state index in [-0.39, 0.29) is 24.2 Å². The largest absolute Gasteiger partial charge is 0.494 e. The van der Waals surface area contributed by atoms with Gasteiger partial charge in [0.15, 0.2) is 0 Å². The Morgan fingerprint density at radius 3 is 3.00 bits per heavy atom. The first-order valence-electron chi connectivity index (χ1n) is 8.42. The van der Waals surface area contributed by atoms with Gasteiger partial charge in [0, 0.05) is 18.5 Å². The topological polar surface area (TPSA) is 50.4 Å². The van der Waals surface area contributed by atoms with Gasteiger partial charge < -0.3 is 15.4 Å². The highest BCUT2D eigenvalue weighted by Gasteiger charge is 2.24. The molecule has 1 saturated heterocycles. The first kappa shape index (κ1) is 19.8. The first-order chi connectivity index (χ1) is 10.7. The van der Waals surface area contributed by atoms with Gasteiger partial charge in [0.05, 0.1) is 6.61 Å². The lowest BCUT2D eigenvalue weighted by Crippen LogP contribution is -2.42. The molecule has 0 radical (unpaired) electrons. The molecule has 0 aliphatic carbocycles. The van der Waals surface area contributed by atoms with Gasteiger partial charge in [-0.3, -0.25) is 4.79 Å². The molecule has 1 aromatic carbocycles. The molecule has 2 N–H and O–H groups in total. The molecule has 1 amide bonds. The molecule has 0 aromatic heterocycles. The molecule has 0 spiro atoms. The standard InChI is InChI=1S/C18H28N2O2.ClH/c1-3-4-10-22-17-7-5-6-15(12-17)13-20-18(21)16-8-9-19-14(2)11-16;/h5-7,12,14,16,19H,3-4,8-11,13H2,1-2H3,(H,20,21);1H/t14-,16-;/m0./s1. The number of amides is 1. The fourth-order valence-electron chi connectivity index (χ4n) is 2.78. The molecule has 1 fully saturated rings. The van der Waals surface area contributed by atoms with E-state index in [0.29, 0.717) is 12.6 Å². The molecule has 0 unspecified atom stereocenters. The lowest BCUT2D eigenvalue weighted by Gasteiger charge is -2.27. The second-order valence-electron chi connectivity index (χ2n) is 6.14. The highest BCUT2D eigenvalue weighted by molar-refractivity contribution is 5.85. The van der Waals surface area contributed by atoms with Crippen molar-refractivity contribution in [3.05, 3.63) is 29.8 Å². The number of ether oxygens (including phenoxy) is 1. The van der Waals surface area contributed by atoms with Crippen molar-refractivity contribution >= 4 is 18.3 Å². The van der Waals surface area contributed by atoms with Gasteiger partial charge in [0.25, 0.3) is 0 Å². The molecular weight excluding hydrogens is 312 g/mol. The molecule has 130 valence electrons. The Morgan fingerprint density at radius 2 is 2.26 bits per heavy atom. The van der Waals surface area contributed by atoms with Crippen LogP contribution in [-0.2, 0) is 11.3 Å². The number of rotatable bonds is 7. The maximum Gasteiger partial charge on any atom is 0.223 e. The SMILES string of the molecule is CCCCOc1cccc(CNC(=O)[C@H]2CCN[C@@H](C)C2)c1.Cl. The van der Waals surface area contributed by atoms with Crippen molar-refractivity contribution in [1.29, 1.82) is 0 Å². The van der Waals surface area contributed by atoms with E-state index in [1.807, 2.05) is 24.3 Å². The zero-order chi connectivity index (χ0) is 15.8. The Balaban J connectivity index is 0.00000264. The van der Waals surface area contributed by atoms with Gasteiger partial charge >= 0.3 is 0 Å². The molecule has 23 heavy (non-hydrogen) atoms. The number of halogens is 1. The van der Waals surface area contributed by atoms with Gasteiger partial charge in [-0.15, -0.1) is 12.4 Å². The van der Waals surface area contributed by atoms with Crippen LogP contribution in [0.2, 0.25) is 0 Å². The molecule has 0 saturated carbocycles. The second kappa shape index (κ2) is 10.5. The minimum atomic E-state index is 0. The van der Waals surface area contributed by atoms with E-state index < -0.39 is 0 Å². The van der Waals surface area contributed by atoms with Crippen molar-refractivity contribution in [3.63, 3.8) is 0 Å². The molecule has 1 heterocycles. The summed E-state index contributed by atoms with van der Waals surface area (Å²) in [6.07, 6.45) is 4.04. The van der Waals surface area contributed by atoms with Gasteiger partial charge in [-0.1, -0.05) is 25.5 Å². The van der Waals surface area contributed by atoms with Crippen LogP contribution in [0.5, 0.6) is 5.75 Å². The van der Waals surface area contributed by atoms with E-state index in [9.17, 15) is 4.79 Å². The molecule has 1 aliphatic rings. The van der Waals surface area contributed by atoms with E-state index in [4.69, 9.17) is 4.74 Å². The van der Waals surface area contributed by atoms with Crippen molar-refractivity contribution in [2.75, 3.05) is 13.2 Å². The maximum absolute atomic E-state index is 12.2. The van der Waals surface area contributed by atoms with E-state index in [2.05, 4.69) is 24.5 Å². The smallest absolute Gasteiger partial charge is 0.223 e. The van der Waals surface area contributed by atoms with Crippen molar-refractivity contribution in [1.82, 2.24) is 10.6 Å². The van der Waals surface area contributed by atoms with Gasteiger partial charge in [0.2, 0.25) is 5.91 Å². The Bertz CT molecular complexity index is 482. The third kappa shape index (κ3) is 6.80. The molecular formula is C18H29ClN2O2. The summed E-state index contributed by atoms with van der Waals surface area (Å²) >= 11 is 0. The third-order valence-electron chi connectivity index (χ3n) is 4.13. The number of benzene rings is 1. The van der Waals surface area contributed by atoms with E-state index in [1.54, 1.807) is 0 Å². The van der Waals surface area contributed by atoms with Crippen LogP contribution in [0, 0.1) is 5.92 Å². The van der Waals surface area contributed by atoms with Crippen LogP contribution in [0.25, 0.3) is 0 Å². The van der Waals surface area contributed by atoms with E-state index in [1.165, 1.54) is 0 Å². The molecule has 4 nitrogen and oxygen atoms in total. The summed E-state index contributed by atoms with van der Waals surface area (Å²) in [4.78, 5) is 12.2. The van der Waals surface area contributed by atoms with Crippen LogP contribution in [0.1, 0.15) is 45.1 Å². The molecule has 1 aliphatic heterocycles. The van der Waals surface area contributed by atoms with E-state index >= 15 is 0 Å². The van der Waals surface area contributed by atoms with Gasteiger partial charge in [0.1, 0.15) is 5.75 Å². The summed E-state index contributed by atoms with van der Waals surface area (Å²) in [5, 5.41) is 6.44.